The highest BCUT2D eigenvalue weighted by Crippen LogP contribution is 2.28. The zero-order valence-corrected chi connectivity index (χ0v) is 13.7. The number of benzene rings is 1. The van der Waals surface area contributed by atoms with E-state index in [4.69, 9.17) is 4.42 Å². The Kier molecular flexibility index (Phi) is 5.31. The maximum atomic E-state index is 5.72. The summed E-state index contributed by atoms with van der Waals surface area (Å²) in [5, 5.41) is 11.6. The van der Waals surface area contributed by atoms with Gasteiger partial charge in [0.15, 0.2) is 0 Å². The minimum atomic E-state index is 0.511. The van der Waals surface area contributed by atoms with E-state index < -0.39 is 0 Å². The third-order valence-electron chi connectivity index (χ3n) is 2.94. The van der Waals surface area contributed by atoms with Crippen molar-refractivity contribution in [3.05, 3.63) is 34.1 Å². The number of halogens is 1. The molecule has 1 N–H and O–H groups in total. The molecule has 1 aromatic heterocycles. The number of hydrogen-bond acceptors (Lipinski definition) is 4. The molecule has 1 heterocycles. The molecular weight excluding hydrogens is 318 g/mol. The highest BCUT2D eigenvalue weighted by molar-refractivity contribution is 9.10. The largest absolute Gasteiger partial charge is 0.421 e. The van der Waals surface area contributed by atoms with Gasteiger partial charge in [-0.1, -0.05) is 19.9 Å². The number of nitrogens with one attached hydrogen (secondary N) is 1. The second-order valence-electron chi connectivity index (χ2n) is 5.20. The number of rotatable bonds is 6. The lowest BCUT2D eigenvalue weighted by molar-refractivity contribution is 0.484. The van der Waals surface area contributed by atoms with Gasteiger partial charge >= 0.3 is 0 Å². The van der Waals surface area contributed by atoms with Gasteiger partial charge in [0.1, 0.15) is 0 Å². The van der Waals surface area contributed by atoms with Crippen molar-refractivity contribution in [2.24, 2.45) is 0 Å². The van der Waals surface area contributed by atoms with E-state index >= 15 is 0 Å². The predicted molar refractivity (Wildman–Crippen MR) is 83.6 cm³/mol. The maximum absolute atomic E-state index is 5.72. The monoisotopic (exact) mass is 337 g/mol. The molecule has 0 fully saturated rings. The van der Waals surface area contributed by atoms with Gasteiger partial charge in [0.05, 0.1) is 5.56 Å². The van der Waals surface area contributed by atoms with Crippen molar-refractivity contribution in [3.63, 3.8) is 0 Å². The Morgan fingerprint density at radius 2 is 2.10 bits per heavy atom. The average molecular weight is 338 g/mol. The minimum absolute atomic E-state index is 0.511. The van der Waals surface area contributed by atoms with Gasteiger partial charge in [0.2, 0.25) is 11.8 Å². The van der Waals surface area contributed by atoms with Crippen LogP contribution in [0.3, 0.4) is 0 Å². The summed E-state index contributed by atoms with van der Waals surface area (Å²) in [6, 6.07) is 6.59. The van der Waals surface area contributed by atoms with Crippen LogP contribution in [0.15, 0.2) is 27.1 Å². The van der Waals surface area contributed by atoms with Crippen molar-refractivity contribution in [2.75, 3.05) is 6.54 Å². The summed E-state index contributed by atoms with van der Waals surface area (Å²) in [6.45, 7) is 7.29. The topological polar surface area (TPSA) is 51.0 Å². The van der Waals surface area contributed by atoms with Gasteiger partial charge in [-0.15, -0.1) is 10.2 Å². The van der Waals surface area contributed by atoms with Gasteiger partial charge in [-0.3, -0.25) is 0 Å². The maximum Gasteiger partial charge on any atom is 0.248 e. The summed E-state index contributed by atoms with van der Waals surface area (Å²) >= 11 is 3.54. The zero-order chi connectivity index (χ0) is 14.5. The average Bonchev–Trinajstić information content (AvgIpc) is 2.83. The molecule has 0 amide bonds. The van der Waals surface area contributed by atoms with Crippen LogP contribution < -0.4 is 5.32 Å². The van der Waals surface area contributed by atoms with Gasteiger partial charge in [-0.2, -0.15) is 0 Å². The Hall–Kier alpha value is -1.20. The molecule has 0 saturated carbocycles. The molecule has 5 heteroatoms. The van der Waals surface area contributed by atoms with E-state index in [1.165, 1.54) is 5.56 Å². The number of nitrogens with zero attached hydrogens (tertiary/aromatic N) is 2. The van der Waals surface area contributed by atoms with Crippen molar-refractivity contribution >= 4 is 15.9 Å². The molecule has 2 rings (SSSR count). The summed E-state index contributed by atoms with van der Waals surface area (Å²) in [4.78, 5) is 0. The second kappa shape index (κ2) is 6.99. The van der Waals surface area contributed by atoms with E-state index in [-0.39, 0.29) is 0 Å². The molecule has 4 nitrogen and oxygen atoms in total. The number of aromatic nitrogens is 2. The highest BCUT2D eigenvalue weighted by atomic mass is 79.9. The fourth-order valence-corrected chi connectivity index (χ4v) is 2.55. The molecule has 0 aliphatic rings. The van der Waals surface area contributed by atoms with E-state index in [0.717, 1.165) is 29.4 Å². The molecule has 0 saturated heterocycles. The van der Waals surface area contributed by atoms with E-state index in [9.17, 15) is 0 Å². The van der Waals surface area contributed by atoms with Crippen LogP contribution in [0.1, 0.15) is 31.7 Å². The third kappa shape index (κ3) is 4.15. The molecule has 108 valence electrons. The standard InChI is InChI=1S/C15H20BrN3O/c1-10(2)17-8-4-5-14-18-19-15(20-14)12-7-6-11(3)9-13(12)16/h6-7,9-10,17H,4-5,8H2,1-3H3. The Morgan fingerprint density at radius 1 is 1.30 bits per heavy atom. The fraction of sp³-hybridized carbons (Fsp3) is 0.467. The van der Waals surface area contributed by atoms with Crippen LogP contribution in [0, 0.1) is 6.92 Å². The van der Waals surface area contributed by atoms with Crippen LogP contribution >= 0.6 is 15.9 Å². The summed E-state index contributed by atoms with van der Waals surface area (Å²) in [6.07, 6.45) is 1.80. The molecule has 20 heavy (non-hydrogen) atoms. The van der Waals surface area contributed by atoms with Crippen molar-refractivity contribution in [1.29, 1.82) is 0 Å². The van der Waals surface area contributed by atoms with Crippen LogP contribution in [-0.4, -0.2) is 22.8 Å². The first kappa shape index (κ1) is 15.2. The SMILES string of the molecule is Cc1ccc(-c2nnc(CCCNC(C)C)o2)c(Br)c1. The van der Waals surface area contributed by atoms with Gasteiger partial charge < -0.3 is 9.73 Å². The summed E-state index contributed by atoms with van der Waals surface area (Å²) in [7, 11) is 0. The molecular formula is C15H20BrN3O. The van der Waals surface area contributed by atoms with Crippen LogP contribution in [0.5, 0.6) is 0 Å². The first-order valence-corrected chi connectivity index (χ1v) is 7.68. The Morgan fingerprint density at radius 3 is 2.80 bits per heavy atom. The van der Waals surface area contributed by atoms with Crippen molar-refractivity contribution in [3.8, 4) is 11.5 Å². The van der Waals surface area contributed by atoms with Crippen LogP contribution in [0.2, 0.25) is 0 Å². The Labute approximate surface area is 128 Å². The number of hydrogen-bond donors (Lipinski definition) is 1. The first-order valence-electron chi connectivity index (χ1n) is 6.88. The molecule has 0 unspecified atom stereocenters. The lowest BCUT2D eigenvalue weighted by atomic mass is 10.1. The first-order chi connectivity index (χ1) is 9.56. The summed E-state index contributed by atoms with van der Waals surface area (Å²) in [5.41, 5.74) is 2.13. The summed E-state index contributed by atoms with van der Waals surface area (Å²) < 4.78 is 6.70. The van der Waals surface area contributed by atoms with Crippen molar-refractivity contribution < 1.29 is 4.42 Å². The molecule has 0 spiro atoms. The van der Waals surface area contributed by atoms with Gasteiger partial charge in [-0.05, 0) is 53.5 Å². The van der Waals surface area contributed by atoms with E-state index in [0.29, 0.717) is 17.8 Å². The summed E-state index contributed by atoms with van der Waals surface area (Å²) in [5.74, 6) is 1.27. The van der Waals surface area contributed by atoms with Gasteiger partial charge in [-0.25, -0.2) is 0 Å². The molecule has 2 aromatic rings. The quantitative estimate of drug-likeness (QED) is 0.816. The normalized spacial score (nSPS) is 11.2. The minimum Gasteiger partial charge on any atom is -0.421 e. The van der Waals surface area contributed by atoms with Crippen molar-refractivity contribution in [1.82, 2.24) is 15.5 Å². The Balaban J connectivity index is 1.98. The second-order valence-corrected chi connectivity index (χ2v) is 6.05. The Bertz CT molecular complexity index is 566. The van der Waals surface area contributed by atoms with Crippen LogP contribution in [0.4, 0.5) is 0 Å². The van der Waals surface area contributed by atoms with Crippen molar-refractivity contribution in [2.45, 2.75) is 39.7 Å². The predicted octanol–water partition coefficient (Wildman–Crippen LogP) is 3.74. The fourth-order valence-electron chi connectivity index (χ4n) is 1.89. The molecule has 0 aliphatic heterocycles. The molecule has 0 atom stereocenters. The van der Waals surface area contributed by atoms with Gasteiger partial charge in [0, 0.05) is 16.9 Å². The smallest absolute Gasteiger partial charge is 0.248 e. The van der Waals surface area contributed by atoms with E-state index in [1.807, 2.05) is 18.2 Å². The van der Waals surface area contributed by atoms with E-state index in [1.54, 1.807) is 0 Å². The van der Waals surface area contributed by atoms with Crippen LogP contribution in [0.25, 0.3) is 11.5 Å². The lowest BCUT2D eigenvalue weighted by Crippen LogP contribution is -2.23. The molecule has 0 bridgehead atoms. The van der Waals surface area contributed by atoms with Gasteiger partial charge in [0.25, 0.3) is 0 Å². The third-order valence-corrected chi connectivity index (χ3v) is 3.60. The van der Waals surface area contributed by atoms with Crippen LogP contribution in [-0.2, 0) is 6.42 Å². The molecule has 0 aliphatic carbocycles. The lowest BCUT2D eigenvalue weighted by Gasteiger charge is -2.05. The van der Waals surface area contributed by atoms with E-state index in [2.05, 4.69) is 52.2 Å². The molecule has 0 radical (unpaired) electrons. The number of aryl methyl sites for hydroxylation is 2. The zero-order valence-electron chi connectivity index (χ0n) is 12.1. The molecule has 1 aromatic carbocycles. The highest BCUT2D eigenvalue weighted by Gasteiger charge is 2.11.